The van der Waals surface area contributed by atoms with E-state index in [2.05, 4.69) is 10.3 Å². The van der Waals surface area contributed by atoms with Gasteiger partial charge in [0.2, 0.25) is 5.91 Å². The molecule has 0 radical (unpaired) electrons. The molecule has 0 aliphatic rings. The number of thiazole rings is 1. The first-order chi connectivity index (χ1) is 11.9. The van der Waals surface area contributed by atoms with E-state index >= 15 is 0 Å². The van der Waals surface area contributed by atoms with E-state index in [-0.39, 0.29) is 24.1 Å². The van der Waals surface area contributed by atoms with Gasteiger partial charge in [0, 0.05) is 10.9 Å². The van der Waals surface area contributed by atoms with Crippen molar-refractivity contribution in [2.24, 2.45) is 5.92 Å². The van der Waals surface area contributed by atoms with Gasteiger partial charge in [0.25, 0.3) is 0 Å². The molecule has 2 rings (SSSR count). The van der Waals surface area contributed by atoms with Crippen LogP contribution in [-0.2, 0) is 20.7 Å². The molecule has 0 aliphatic heterocycles. The average molecular weight is 364 g/mol. The molecule has 0 saturated carbocycles. The second kappa shape index (κ2) is 8.71. The number of benzene rings is 1. The van der Waals surface area contributed by atoms with Crippen LogP contribution in [0.1, 0.15) is 26.0 Å². The maximum atomic E-state index is 13.0. The summed E-state index contributed by atoms with van der Waals surface area (Å²) in [5.41, 5.74) is 1.40. The van der Waals surface area contributed by atoms with Gasteiger partial charge in [-0.2, -0.15) is 0 Å². The highest BCUT2D eigenvalue weighted by atomic mass is 32.1. The molecule has 0 aliphatic carbocycles. The minimum absolute atomic E-state index is 0.0727. The fourth-order valence-electron chi connectivity index (χ4n) is 2.35. The molecule has 1 heterocycles. The van der Waals surface area contributed by atoms with E-state index in [1.54, 1.807) is 17.5 Å². The zero-order chi connectivity index (χ0) is 18.4. The summed E-state index contributed by atoms with van der Waals surface area (Å²) in [5.74, 6) is -0.799. The van der Waals surface area contributed by atoms with Crippen LogP contribution in [0.25, 0.3) is 10.6 Å². The molecular formula is C18H21FN2O3S. The topological polar surface area (TPSA) is 68.3 Å². The summed E-state index contributed by atoms with van der Waals surface area (Å²) < 4.78 is 17.7. The molecule has 0 saturated heterocycles. The molecule has 25 heavy (non-hydrogen) atoms. The van der Waals surface area contributed by atoms with Crippen LogP contribution in [0.2, 0.25) is 0 Å². The van der Waals surface area contributed by atoms with Gasteiger partial charge in [0.15, 0.2) is 0 Å². The molecule has 1 atom stereocenters. The number of nitrogens with zero attached hydrogens (tertiary/aromatic N) is 1. The molecule has 134 valence electrons. The Bertz CT molecular complexity index is 728. The first-order valence-electron chi connectivity index (χ1n) is 7.96. The predicted molar refractivity (Wildman–Crippen MR) is 94.6 cm³/mol. The van der Waals surface area contributed by atoms with Crippen molar-refractivity contribution in [1.29, 1.82) is 0 Å². The Labute approximate surface area is 150 Å². The highest BCUT2D eigenvalue weighted by molar-refractivity contribution is 7.13. The van der Waals surface area contributed by atoms with Crippen LogP contribution in [-0.4, -0.2) is 30.0 Å². The van der Waals surface area contributed by atoms with E-state index in [1.165, 1.54) is 30.6 Å². The number of nitrogens with one attached hydrogen (secondary N) is 1. The Morgan fingerprint density at radius 1 is 1.28 bits per heavy atom. The van der Waals surface area contributed by atoms with E-state index in [1.807, 2.05) is 13.8 Å². The fraction of sp³-hybridized carbons (Fsp3) is 0.389. The van der Waals surface area contributed by atoms with Crippen LogP contribution in [0, 0.1) is 11.7 Å². The Morgan fingerprint density at radius 2 is 1.96 bits per heavy atom. The number of aromatic nitrogens is 1. The van der Waals surface area contributed by atoms with E-state index in [0.717, 1.165) is 10.6 Å². The highest BCUT2D eigenvalue weighted by Crippen LogP contribution is 2.24. The van der Waals surface area contributed by atoms with Crippen LogP contribution in [0.4, 0.5) is 4.39 Å². The molecule has 7 heteroatoms. The second-order valence-corrected chi connectivity index (χ2v) is 6.96. The lowest BCUT2D eigenvalue weighted by molar-refractivity contribution is -0.145. The van der Waals surface area contributed by atoms with E-state index < -0.39 is 12.0 Å². The Morgan fingerprint density at radius 3 is 2.56 bits per heavy atom. The number of carbonyl (C=O) groups is 2. The number of hydrogen-bond acceptors (Lipinski definition) is 5. The monoisotopic (exact) mass is 364 g/mol. The molecular weight excluding hydrogens is 343 g/mol. The van der Waals surface area contributed by atoms with Gasteiger partial charge in [-0.05, 0) is 36.6 Å². The summed E-state index contributed by atoms with van der Waals surface area (Å²) in [5, 5.41) is 5.21. The summed E-state index contributed by atoms with van der Waals surface area (Å²) in [6.07, 6.45) is 0.583. The Kier molecular flexibility index (Phi) is 6.64. The highest BCUT2D eigenvalue weighted by Gasteiger charge is 2.23. The minimum Gasteiger partial charge on any atom is -0.467 e. The van der Waals surface area contributed by atoms with Gasteiger partial charge in [-0.15, -0.1) is 11.3 Å². The van der Waals surface area contributed by atoms with Crippen molar-refractivity contribution in [2.45, 2.75) is 32.7 Å². The van der Waals surface area contributed by atoms with Gasteiger partial charge < -0.3 is 10.1 Å². The van der Waals surface area contributed by atoms with Crippen LogP contribution >= 0.6 is 11.3 Å². The molecule has 0 spiro atoms. The smallest absolute Gasteiger partial charge is 0.328 e. The van der Waals surface area contributed by atoms with Gasteiger partial charge >= 0.3 is 5.97 Å². The summed E-state index contributed by atoms with van der Waals surface area (Å²) in [6, 6.07) is 5.38. The van der Waals surface area contributed by atoms with Crippen molar-refractivity contribution in [2.75, 3.05) is 7.11 Å². The standard InChI is InChI=1S/C18H21FN2O3S/c1-11(2)8-15(18(23)24-3)21-16(22)9-14-10-25-17(20-14)12-4-6-13(19)7-5-12/h4-7,10-11,15H,8-9H2,1-3H3,(H,21,22)/t15-/m1/s1. The lowest BCUT2D eigenvalue weighted by Gasteiger charge is -2.18. The number of halogens is 1. The first-order valence-corrected chi connectivity index (χ1v) is 8.84. The number of methoxy groups -OCH3 is 1. The number of carbonyl (C=O) groups excluding carboxylic acids is 2. The van der Waals surface area contributed by atoms with Crippen molar-refractivity contribution in [3.05, 3.63) is 41.2 Å². The summed E-state index contributed by atoms with van der Waals surface area (Å²) in [4.78, 5) is 28.4. The molecule has 1 N–H and O–H groups in total. The van der Waals surface area contributed by atoms with Crippen LogP contribution in [0.3, 0.4) is 0 Å². The average Bonchev–Trinajstić information content (AvgIpc) is 3.02. The summed E-state index contributed by atoms with van der Waals surface area (Å²) >= 11 is 1.39. The van der Waals surface area contributed by atoms with Gasteiger partial charge in [0.05, 0.1) is 19.2 Å². The molecule has 1 amide bonds. The van der Waals surface area contributed by atoms with E-state index in [4.69, 9.17) is 4.74 Å². The predicted octanol–water partition coefficient (Wildman–Crippen LogP) is 3.20. The molecule has 5 nitrogen and oxygen atoms in total. The van der Waals surface area contributed by atoms with Crippen LogP contribution in [0.5, 0.6) is 0 Å². The second-order valence-electron chi connectivity index (χ2n) is 6.10. The van der Waals surface area contributed by atoms with Gasteiger partial charge in [0.1, 0.15) is 16.9 Å². The molecule has 0 fully saturated rings. The summed E-state index contributed by atoms with van der Waals surface area (Å²) in [7, 11) is 1.30. The first kappa shape index (κ1) is 19.1. The zero-order valence-corrected chi connectivity index (χ0v) is 15.2. The molecule has 0 bridgehead atoms. The van der Waals surface area contributed by atoms with Crippen molar-refractivity contribution < 1.29 is 18.7 Å². The van der Waals surface area contributed by atoms with E-state index in [0.29, 0.717) is 12.1 Å². The van der Waals surface area contributed by atoms with Crippen molar-refractivity contribution >= 4 is 23.2 Å². The maximum absolute atomic E-state index is 13.0. The van der Waals surface area contributed by atoms with Gasteiger partial charge in [-0.3, -0.25) is 4.79 Å². The van der Waals surface area contributed by atoms with Crippen molar-refractivity contribution in [3.63, 3.8) is 0 Å². The zero-order valence-electron chi connectivity index (χ0n) is 14.4. The van der Waals surface area contributed by atoms with E-state index in [9.17, 15) is 14.0 Å². The maximum Gasteiger partial charge on any atom is 0.328 e. The van der Waals surface area contributed by atoms with Gasteiger partial charge in [-0.25, -0.2) is 14.2 Å². The number of rotatable bonds is 7. The molecule has 1 aromatic heterocycles. The van der Waals surface area contributed by atoms with Crippen LogP contribution < -0.4 is 5.32 Å². The molecule has 2 aromatic rings. The number of esters is 1. The largest absolute Gasteiger partial charge is 0.467 e. The number of hydrogen-bond donors (Lipinski definition) is 1. The normalized spacial score (nSPS) is 12.0. The molecule has 1 aromatic carbocycles. The SMILES string of the molecule is COC(=O)[C@@H](CC(C)C)NC(=O)Cc1csc(-c2ccc(F)cc2)n1. The fourth-order valence-corrected chi connectivity index (χ4v) is 3.18. The lowest BCUT2D eigenvalue weighted by Crippen LogP contribution is -2.43. The third-order valence-corrected chi connectivity index (χ3v) is 4.45. The van der Waals surface area contributed by atoms with Crippen molar-refractivity contribution in [3.8, 4) is 10.6 Å². The third-order valence-electron chi connectivity index (χ3n) is 3.51. The third kappa shape index (κ3) is 5.63. The minimum atomic E-state index is -0.660. The van der Waals surface area contributed by atoms with Crippen molar-refractivity contribution in [1.82, 2.24) is 10.3 Å². The quantitative estimate of drug-likeness (QED) is 0.766. The van der Waals surface area contributed by atoms with Crippen LogP contribution in [0.15, 0.2) is 29.6 Å². The lowest BCUT2D eigenvalue weighted by atomic mass is 10.0. The Hall–Kier alpha value is -2.28. The molecule has 0 unspecified atom stereocenters. The summed E-state index contributed by atoms with van der Waals surface area (Å²) in [6.45, 7) is 3.94. The number of ether oxygens (including phenoxy) is 1. The van der Waals surface area contributed by atoms with Gasteiger partial charge in [-0.1, -0.05) is 13.8 Å². The Balaban J connectivity index is 2.00. The number of amides is 1.